The average molecular weight is 413 g/mol. The lowest BCUT2D eigenvalue weighted by Crippen LogP contribution is -2.33. The quantitative estimate of drug-likeness (QED) is 0.649. The zero-order chi connectivity index (χ0) is 21.3. The second kappa shape index (κ2) is 8.06. The van der Waals surface area contributed by atoms with E-state index >= 15 is 0 Å². The van der Waals surface area contributed by atoms with Crippen LogP contribution < -0.4 is 15.2 Å². The van der Waals surface area contributed by atoms with Crippen LogP contribution in [0.15, 0.2) is 54.1 Å². The first-order valence-corrected chi connectivity index (χ1v) is 9.68. The molecular weight excluding hydrogens is 389 g/mol. The molecule has 2 heterocycles. The summed E-state index contributed by atoms with van der Waals surface area (Å²) in [5.41, 5.74) is 4.62. The lowest BCUT2D eigenvalue weighted by Gasteiger charge is -2.17. The Morgan fingerprint density at radius 2 is 2.07 bits per heavy atom. The highest BCUT2D eigenvalue weighted by Crippen LogP contribution is 2.27. The van der Waals surface area contributed by atoms with E-state index in [-0.39, 0.29) is 30.1 Å². The maximum atomic E-state index is 13.2. The van der Waals surface area contributed by atoms with Crippen LogP contribution in [0, 0.1) is 11.2 Å². The Bertz CT molecular complexity index is 975. The first-order valence-electron chi connectivity index (χ1n) is 9.68. The predicted molar refractivity (Wildman–Crippen MR) is 111 cm³/mol. The highest BCUT2D eigenvalue weighted by molar-refractivity contribution is 6.13. The number of ether oxygens (including phenoxy) is 3. The number of aliphatic hydroxyl groups excluding tert-OH is 1. The second-order valence-corrected chi connectivity index (χ2v) is 7.61. The van der Waals surface area contributed by atoms with Gasteiger partial charge in [0.25, 0.3) is 0 Å². The van der Waals surface area contributed by atoms with Crippen molar-refractivity contribution < 1.29 is 23.7 Å². The highest BCUT2D eigenvalue weighted by atomic mass is 19.1. The molecule has 2 aliphatic heterocycles. The fourth-order valence-electron chi connectivity index (χ4n) is 3.40. The number of rotatable bonds is 5. The summed E-state index contributed by atoms with van der Waals surface area (Å²) in [5.74, 6) is -0.280. The molecule has 0 saturated carbocycles. The van der Waals surface area contributed by atoms with Crippen molar-refractivity contribution in [3.8, 4) is 5.75 Å². The van der Waals surface area contributed by atoms with Crippen molar-refractivity contribution in [2.45, 2.75) is 25.7 Å². The van der Waals surface area contributed by atoms with Gasteiger partial charge in [0, 0.05) is 12.1 Å². The molecule has 2 aromatic carbocycles. The van der Waals surface area contributed by atoms with Gasteiger partial charge in [-0.1, -0.05) is 12.1 Å². The number of amidine groups is 1. The standard InChI is InChI=1S/C22H24FN3O4/c1-22(2)29-13-18(30-22)12-28-17-5-3-4-14(10-17)20(27)19-11-25-26(21(19)24)16-8-6-15(23)7-9-16/h3-10,18,24-25,27H,11-13H2,1-2H3/t18-/m1/s1. The van der Waals surface area contributed by atoms with Crippen molar-refractivity contribution in [2.24, 2.45) is 0 Å². The molecule has 2 aliphatic rings. The van der Waals surface area contributed by atoms with Crippen LogP contribution in [0.4, 0.5) is 10.1 Å². The molecule has 0 unspecified atom stereocenters. The minimum absolute atomic E-state index is 0.0101. The van der Waals surface area contributed by atoms with Gasteiger partial charge in [0.15, 0.2) is 5.79 Å². The van der Waals surface area contributed by atoms with Gasteiger partial charge in [-0.05, 0) is 50.2 Å². The lowest BCUT2D eigenvalue weighted by atomic mass is 10.1. The van der Waals surface area contributed by atoms with Crippen LogP contribution in [0.5, 0.6) is 5.75 Å². The Labute approximate surface area is 174 Å². The largest absolute Gasteiger partial charge is 0.507 e. The molecule has 8 heteroatoms. The number of nitrogens with zero attached hydrogens (tertiary/aromatic N) is 1. The SMILES string of the molecule is CC1(C)OC[C@@H](COc2cccc(C(O)=C3CNN(c4ccc(F)cc4)C3=N)c2)O1. The fraction of sp³-hybridized carbons (Fsp3) is 0.318. The van der Waals surface area contributed by atoms with Crippen molar-refractivity contribution in [1.29, 1.82) is 5.41 Å². The molecule has 2 saturated heterocycles. The topological polar surface area (TPSA) is 87.0 Å². The van der Waals surface area contributed by atoms with E-state index in [4.69, 9.17) is 19.6 Å². The molecule has 4 rings (SSSR count). The zero-order valence-corrected chi connectivity index (χ0v) is 16.8. The van der Waals surface area contributed by atoms with Crippen molar-refractivity contribution in [3.05, 3.63) is 65.5 Å². The molecule has 0 aliphatic carbocycles. The second-order valence-electron chi connectivity index (χ2n) is 7.61. The molecule has 7 nitrogen and oxygen atoms in total. The third-order valence-corrected chi connectivity index (χ3v) is 4.90. The van der Waals surface area contributed by atoms with E-state index in [9.17, 15) is 9.50 Å². The molecule has 158 valence electrons. The number of nitrogens with one attached hydrogen (secondary N) is 2. The molecule has 2 aromatic rings. The zero-order valence-electron chi connectivity index (χ0n) is 16.8. The minimum Gasteiger partial charge on any atom is -0.507 e. The molecule has 0 spiro atoms. The van der Waals surface area contributed by atoms with Crippen molar-refractivity contribution in [3.63, 3.8) is 0 Å². The van der Waals surface area contributed by atoms with Gasteiger partial charge < -0.3 is 19.3 Å². The molecule has 0 bridgehead atoms. The Kier molecular flexibility index (Phi) is 5.46. The van der Waals surface area contributed by atoms with E-state index in [1.165, 1.54) is 17.1 Å². The van der Waals surface area contributed by atoms with Crippen LogP contribution in [-0.4, -0.2) is 42.6 Å². The molecule has 1 atom stereocenters. The number of halogens is 1. The maximum Gasteiger partial charge on any atom is 0.163 e. The van der Waals surface area contributed by atoms with E-state index in [2.05, 4.69) is 5.43 Å². The molecule has 0 aromatic heterocycles. The Balaban J connectivity index is 1.47. The van der Waals surface area contributed by atoms with Gasteiger partial charge in [-0.25, -0.2) is 9.82 Å². The summed E-state index contributed by atoms with van der Waals surface area (Å²) < 4.78 is 30.2. The van der Waals surface area contributed by atoms with Crippen molar-refractivity contribution in [1.82, 2.24) is 5.43 Å². The summed E-state index contributed by atoms with van der Waals surface area (Å²) in [6.07, 6.45) is -0.160. The number of anilines is 1. The molecule has 0 amide bonds. The van der Waals surface area contributed by atoms with E-state index in [0.29, 0.717) is 35.8 Å². The van der Waals surface area contributed by atoms with E-state index in [0.717, 1.165) is 0 Å². The van der Waals surface area contributed by atoms with Crippen LogP contribution in [0.1, 0.15) is 19.4 Å². The van der Waals surface area contributed by atoms with Crippen LogP contribution in [0.25, 0.3) is 5.76 Å². The Morgan fingerprint density at radius 1 is 1.30 bits per heavy atom. The predicted octanol–water partition coefficient (Wildman–Crippen LogP) is 3.63. The van der Waals surface area contributed by atoms with Crippen molar-refractivity contribution >= 4 is 17.3 Å². The van der Waals surface area contributed by atoms with Crippen LogP contribution in [-0.2, 0) is 9.47 Å². The number of hydrazine groups is 1. The van der Waals surface area contributed by atoms with Crippen LogP contribution in [0.2, 0.25) is 0 Å². The number of aliphatic hydroxyl groups is 1. The summed E-state index contributed by atoms with van der Waals surface area (Å²) in [5, 5.41) is 20.7. The third-order valence-electron chi connectivity index (χ3n) is 4.90. The molecule has 2 fully saturated rings. The Hall–Kier alpha value is -2.94. The minimum atomic E-state index is -0.606. The third kappa shape index (κ3) is 4.30. The van der Waals surface area contributed by atoms with Crippen molar-refractivity contribution in [2.75, 3.05) is 24.8 Å². The van der Waals surface area contributed by atoms with Gasteiger partial charge in [-0.2, -0.15) is 0 Å². The number of benzene rings is 2. The summed E-state index contributed by atoms with van der Waals surface area (Å²) in [6.45, 7) is 4.79. The lowest BCUT2D eigenvalue weighted by molar-refractivity contribution is -0.141. The normalized spacial score (nSPS) is 22.4. The molecule has 0 radical (unpaired) electrons. The molecule has 3 N–H and O–H groups in total. The smallest absolute Gasteiger partial charge is 0.163 e. The monoisotopic (exact) mass is 413 g/mol. The van der Waals surface area contributed by atoms with Gasteiger partial charge in [0.1, 0.15) is 35.9 Å². The first kappa shape index (κ1) is 20.3. The van der Waals surface area contributed by atoms with Gasteiger partial charge >= 0.3 is 0 Å². The summed E-state index contributed by atoms with van der Waals surface area (Å²) in [7, 11) is 0. The number of hydrogen-bond acceptors (Lipinski definition) is 6. The maximum absolute atomic E-state index is 13.2. The number of hydrogen-bond donors (Lipinski definition) is 3. The summed E-state index contributed by atoms with van der Waals surface area (Å²) >= 11 is 0. The summed E-state index contributed by atoms with van der Waals surface area (Å²) in [6, 6.07) is 12.8. The van der Waals surface area contributed by atoms with Gasteiger partial charge in [0.2, 0.25) is 0 Å². The molecular formula is C22H24FN3O4. The van der Waals surface area contributed by atoms with E-state index in [1.54, 1.807) is 36.4 Å². The first-order chi connectivity index (χ1) is 14.3. The van der Waals surface area contributed by atoms with Gasteiger partial charge in [0.05, 0.1) is 17.9 Å². The Morgan fingerprint density at radius 3 is 2.77 bits per heavy atom. The highest BCUT2D eigenvalue weighted by Gasteiger charge is 2.33. The average Bonchev–Trinajstić information content (AvgIpc) is 3.28. The van der Waals surface area contributed by atoms with Gasteiger partial charge in [-0.15, -0.1) is 0 Å². The molecule has 30 heavy (non-hydrogen) atoms. The summed E-state index contributed by atoms with van der Waals surface area (Å²) in [4.78, 5) is 0. The van der Waals surface area contributed by atoms with Crippen LogP contribution >= 0.6 is 0 Å². The van der Waals surface area contributed by atoms with E-state index < -0.39 is 5.79 Å². The fourth-order valence-corrected chi connectivity index (χ4v) is 3.40. The van der Waals surface area contributed by atoms with Gasteiger partial charge in [-0.3, -0.25) is 10.4 Å². The van der Waals surface area contributed by atoms with Crippen LogP contribution in [0.3, 0.4) is 0 Å². The van der Waals surface area contributed by atoms with E-state index in [1.807, 2.05) is 13.8 Å².